The quantitative estimate of drug-likeness (QED) is 0.537. The molecular weight excluding hydrogens is 361 g/mol. The molecule has 0 aliphatic carbocycles. The van der Waals surface area contributed by atoms with Crippen LogP contribution in [0.3, 0.4) is 0 Å². The lowest BCUT2D eigenvalue weighted by Crippen LogP contribution is -2.03. The Labute approximate surface area is 131 Å². The molecule has 0 amide bonds. The van der Waals surface area contributed by atoms with Gasteiger partial charge >= 0.3 is 0 Å². The Bertz CT molecular complexity index is 750. The molecule has 0 bridgehead atoms. The number of pyridine rings is 1. The average molecular weight is 375 g/mol. The Kier molecular flexibility index (Phi) is 3.73. The minimum Gasteiger partial charge on any atom is -0.397 e. The SMILES string of the molecule is Nc1cc(I)ccc1NCc1cccc2cccnc12. The van der Waals surface area contributed by atoms with Gasteiger partial charge in [-0.25, -0.2) is 0 Å². The van der Waals surface area contributed by atoms with Crippen LogP contribution in [0.5, 0.6) is 0 Å². The van der Waals surface area contributed by atoms with Gasteiger partial charge in [0.1, 0.15) is 0 Å². The fraction of sp³-hybridized carbons (Fsp3) is 0.0625. The minimum atomic E-state index is 0.707. The van der Waals surface area contributed by atoms with Crippen molar-refractivity contribution in [2.45, 2.75) is 6.54 Å². The number of benzene rings is 2. The summed E-state index contributed by atoms with van der Waals surface area (Å²) in [4.78, 5) is 4.46. The van der Waals surface area contributed by atoms with Gasteiger partial charge in [0.05, 0.1) is 16.9 Å². The summed E-state index contributed by atoms with van der Waals surface area (Å²) in [7, 11) is 0. The molecule has 100 valence electrons. The zero-order valence-corrected chi connectivity index (χ0v) is 13.0. The number of rotatable bonds is 3. The Morgan fingerprint density at radius 1 is 1.10 bits per heavy atom. The monoisotopic (exact) mass is 375 g/mol. The summed E-state index contributed by atoms with van der Waals surface area (Å²) in [6.45, 7) is 0.707. The van der Waals surface area contributed by atoms with E-state index in [4.69, 9.17) is 5.73 Å². The van der Waals surface area contributed by atoms with E-state index in [0.717, 1.165) is 25.8 Å². The van der Waals surface area contributed by atoms with Gasteiger partial charge in [0.2, 0.25) is 0 Å². The summed E-state index contributed by atoms with van der Waals surface area (Å²) in [6.07, 6.45) is 1.82. The van der Waals surface area contributed by atoms with Crippen molar-refractivity contribution in [3.63, 3.8) is 0 Å². The summed E-state index contributed by atoms with van der Waals surface area (Å²) >= 11 is 2.26. The highest BCUT2D eigenvalue weighted by molar-refractivity contribution is 14.1. The number of halogens is 1. The molecule has 4 heteroatoms. The highest BCUT2D eigenvalue weighted by atomic mass is 127. The van der Waals surface area contributed by atoms with Crippen LogP contribution >= 0.6 is 22.6 Å². The number of fused-ring (bicyclic) bond motifs is 1. The van der Waals surface area contributed by atoms with Gasteiger partial charge < -0.3 is 11.1 Å². The summed E-state index contributed by atoms with van der Waals surface area (Å²) < 4.78 is 1.14. The largest absolute Gasteiger partial charge is 0.397 e. The molecule has 0 aliphatic rings. The van der Waals surface area contributed by atoms with Gasteiger partial charge in [-0.2, -0.15) is 0 Å². The van der Waals surface area contributed by atoms with Gasteiger partial charge in [0, 0.05) is 21.7 Å². The molecule has 0 saturated carbocycles. The number of anilines is 2. The fourth-order valence-electron chi connectivity index (χ4n) is 2.20. The Morgan fingerprint density at radius 3 is 2.80 bits per heavy atom. The number of para-hydroxylation sites is 1. The Balaban J connectivity index is 1.87. The summed E-state index contributed by atoms with van der Waals surface area (Å²) in [6, 6.07) is 16.3. The number of hydrogen-bond acceptors (Lipinski definition) is 3. The van der Waals surface area contributed by atoms with Crippen LogP contribution in [0, 0.1) is 3.57 Å². The molecule has 3 aromatic rings. The van der Waals surface area contributed by atoms with Gasteiger partial charge in [-0.15, -0.1) is 0 Å². The molecule has 0 saturated heterocycles. The first-order valence-electron chi connectivity index (χ1n) is 6.35. The number of aromatic nitrogens is 1. The van der Waals surface area contributed by atoms with Crippen molar-refractivity contribution >= 4 is 44.9 Å². The number of nitrogens with zero attached hydrogens (tertiary/aromatic N) is 1. The topological polar surface area (TPSA) is 50.9 Å². The second-order valence-corrected chi connectivity index (χ2v) is 5.82. The van der Waals surface area contributed by atoms with E-state index in [-0.39, 0.29) is 0 Å². The Hall–Kier alpha value is -1.82. The molecule has 20 heavy (non-hydrogen) atoms. The molecule has 3 N–H and O–H groups in total. The molecule has 1 heterocycles. The third-order valence-electron chi connectivity index (χ3n) is 3.20. The zero-order chi connectivity index (χ0) is 13.9. The predicted molar refractivity (Wildman–Crippen MR) is 92.6 cm³/mol. The lowest BCUT2D eigenvalue weighted by Gasteiger charge is -2.11. The second-order valence-electron chi connectivity index (χ2n) is 4.58. The number of nitrogens with two attached hydrogens (primary N) is 1. The Morgan fingerprint density at radius 2 is 1.95 bits per heavy atom. The molecule has 0 spiro atoms. The maximum atomic E-state index is 6.02. The maximum absolute atomic E-state index is 6.02. The standard InChI is InChI=1S/C16H14IN3/c17-13-6-7-15(14(18)9-13)20-10-12-4-1-3-11-5-2-8-19-16(11)12/h1-9,20H,10,18H2. The van der Waals surface area contributed by atoms with Gasteiger partial charge in [0.25, 0.3) is 0 Å². The number of nitrogens with one attached hydrogen (secondary N) is 1. The average Bonchev–Trinajstić information content (AvgIpc) is 2.46. The second kappa shape index (κ2) is 5.66. The summed E-state index contributed by atoms with van der Waals surface area (Å²) in [5, 5.41) is 4.54. The fourth-order valence-corrected chi connectivity index (χ4v) is 2.71. The van der Waals surface area contributed by atoms with E-state index in [1.807, 2.05) is 30.5 Å². The maximum Gasteiger partial charge on any atom is 0.0751 e. The van der Waals surface area contributed by atoms with E-state index in [9.17, 15) is 0 Å². The van der Waals surface area contributed by atoms with Gasteiger partial charge in [-0.05, 0) is 52.4 Å². The molecule has 0 aliphatic heterocycles. The van der Waals surface area contributed by atoms with Crippen LogP contribution in [-0.2, 0) is 6.54 Å². The first-order valence-corrected chi connectivity index (χ1v) is 7.43. The van der Waals surface area contributed by atoms with Crippen molar-refractivity contribution in [1.82, 2.24) is 4.98 Å². The molecule has 1 aromatic heterocycles. The van der Waals surface area contributed by atoms with Crippen LogP contribution < -0.4 is 11.1 Å². The third kappa shape index (κ3) is 2.70. The van der Waals surface area contributed by atoms with E-state index < -0.39 is 0 Å². The smallest absolute Gasteiger partial charge is 0.0751 e. The van der Waals surface area contributed by atoms with Crippen LogP contribution in [-0.4, -0.2) is 4.98 Å². The molecule has 3 rings (SSSR count). The first kappa shape index (κ1) is 13.2. The van der Waals surface area contributed by atoms with Crippen LogP contribution in [0.25, 0.3) is 10.9 Å². The van der Waals surface area contributed by atoms with Crippen molar-refractivity contribution in [1.29, 1.82) is 0 Å². The minimum absolute atomic E-state index is 0.707. The molecular formula is C16H14IN3. The van der Waals surface area contributed by atoms with Crippen LogP contribution in [0.1, 0.15) is 5.56 Å². The van der Waals surface area contributed by atoms with Crippen LogP contribution in [0.15, 0.2) is 54.7 Å². The predicted octanol–water partition coefficient (Wildman–Crippen LogP) is 4.03. The molecule has 0 atom stereocenters. The molecule has 0 unspecified atom stereocenters. The molecule has 3 nitrogen and oxygen atoms in total. The van der Waals surface area contributed by atoms with Crippen LogP contribution in [0.2, 0.25) is 0 Å². The van der Waals surface area contributed by atoms with Crippen molar-refractivity contribution in [3.8, 4) is 0 Å². The first-order chi connectivity index (χ1) is 9.74. The van der Waals surface area contributed by atoms with Crippen molar-refractivity contribution in [3.05, 3.63) is 63.9 Å². The van der Waals surface area contributed by atoms with Crippen molar-refractivity contribution in [2.24, 2.45) is 0 Å². The van der Waals surface area contributed by atoms with Crippen molar-refractivity contribution < 1.29 is 0 Å². The van der Waals surface area contributed by atoms with Gasteiger partial charge in [-0.1, -0.05) is 24.3 Å². The van der Waals surface area contributed by atoms with Gasteiger partial charge in [-0.3, -0.25) is 4.98 Å². The van der Waals surface area contributed by atoms with Crippen molar-refractivity contribution in [2.75, 3.05) is 11.1 Å². The highest BCUT2D eigenvalue weighted by Gasteiger charge is 2.03. The highest BCUT2D eigenvalue weighted by Crippen LogP contribution is 2.23. The molecule has 2 aromatic carbocycles. The molecule has 0 radical (unpaired) electrons. The van der Waals surface area contributed by atoms with E-state index in [0.29, 0.717) is 6.54 Å². The molecule has 0 fully saturated rings. The summed E-state index contributed by atoms with van der Waals surface area (Å²) in [5.41, 5.74) is 9.94. The van der Waals surface area contributed by atoms with Crippen LogP contribution in [0.4, 0.5) is 11.4 Å². The van der Waals surface area contributed by atoms with E-state index in [2.05, 4.69) is 57.2 Å². The van der Waals surface area contributed by atoms with E-state index >= 15 is 0 Å². The lowest BCUT2D eigenvalue weighted by molar-refractivity contribution is 1.15. The summed E-state index contributed by atoms with van der Waals surface area (Å²) in [5.74, 6) is 0. The third-order valence-corrected chi connectivity index (χ3v) is 3.87. The normalized spacial score (nSPS) is 10.7. The van der Waals surface area contributed by atoms with E-state index in [1.165, 1.54) is 5.56 Å². The van der Waals surface area contributed by atoms with E-state index in [1.54, 1.807) is 0 Å². The number of hydrogen-bond donors (Lipinski definition) is 2. The lowest BCUT2D eigenvalue weighted by atomic mass is 10.1. The van der Waals surface area contributed by atoms with Gasteiger partial charge in [0.15, 0.2) is 0 Å². The zero-order valence-electron chi connectivity index (χ0n) is 10.8. The number of nitrogen functional groups attached to an aromatic ring is 1.